The van der Waals surface area contributed by atoms with Gasteiger partial charge < -0.3 is 15.4 Å². The molecule has 2 heterocycles. The van der Waals surface area contributed by atoms with E-state index >= 15 is 0 Å². The van der Waals surface area contributed by atoms with E-state index in [9.17, 15) is 9.59 Å². The summed E-state index contributed by atoms with van der Waals surface area (Å²) in [6, 6.07) is 9.67. The number of amides is 2. The molecule has 2 amide bonds. The van der Waals surface area contributed by atoms with E-state index < -0.39 is 0 Å². The number of para-hydroxylation sites is 1. The standard InChI is InChI=1S/C18H18N2O3S/c21-16(13-7-9-23-15-4-2-1-3-12(13)15)20-18-14(8-10-24-18)17(22)19-11-5-6-11/h1-4,8,10-11,13H,5-7,9H2,(H,19,22)(H,20,21). The highest BCUT2D eigenvalue weighted by Gasteiger charge is 2.29. The van der Waals surface area contributed by atoms with Crippen LogP contribution < -0.4 is 15.4 Å². The number of carbonyl (C=O) groups excluding carboxylic acids is 2. The van der Waals surface area contributed by atoms with Crippen LogP contribution in [0.25, 0.3) is 0 Å². The smallest absolute Gasteiger partial charge is 0.254 e. The second-order valence-corrected chi connectivity index (χ2v) is 7.04. The van der Waals surface area contributed by atoms with E-state index in [0.717, 1.165) is 24.2 Å². The molecule has 1 fully saturated rings. The third-order valence-electron chi connectivity index (χ3n) is 4.33. The van der Waals surface area contributed by atoms with Gasteiger partial charge in [-0.15, -0.1) is 11.3 Å². The van der Waals surface area contributed by atoms with Crippen molar-refractivity contribution in [2.75, 3.05) is 11.9 Å². The predicted octanol–water partition coefficient (Wildman–Crippen LogP) is 3.15. The Morgan fingerprint density at radius 1 is 1.12 bits per heavy atom. The molecular weight excluding hydrogens is 324 g/mol. The zero-order valence-electron chi connectivity index (χ0n) is 13.1. The Kier molecular flexibility index (Phi) is 3.98. The van der Waals surface area contributed by atoms with Gasteiger partial charge in [0, 0.05) is 11.6 Å². The number of hydrogen-bond acceptors (Lipinski definition) is 4. The summed E-state index contributed by atoms with van der Waals surface area (Å²) >= 11 is 1.37. The molecule has 0 spiro atoms. The van der Waals surface area contributed by atoms with Crippen LogP contribution in [0.4, 0.5) is 5.00 Å². The molecule has 24 heavy (non-hydrogen) atoms. The minimum absolute atomic E-state index is 0.0892. The molecule has 1 aromatic carbocycles. The Hall–Kier alpha value is -2.34. The molecule has 2 aromatic rings. The minimum Gasteiger partial charge on any atom is -0.493 e. The van der Waals surface area contributed by atoms with E-state index in [0.29, 0.717) is 29.6 Å². The maximum atomic E-state index is 12.7. The number of thiophene rings is 1. The van der Waals surface area contributed by atoms with Crippen LogP contribution in [-0.4, -0.2) is 24.5 Å². The van der Waals surface area contributed by atoms with Gasteiger partial charge in [0.1, 0.15) is 10.8 Å². The van der Waals surface area contributed by atoms with E-state index in [2.05, 4.69) is 10.6 Å². The number of benzene rings is 1. The van der Waals surface area contributed by atoms with E-state index in [-0.39, 0.29) is 17.7 Å². The molecule has 1 saturated carbocycles. The van der Waals surface area contributed by atoms with Crippen LogP contribution in [0.3, 0.4) is 0 Å². The van der Waals surface area contributed by atoms with E-state index in [4.69, 9.17) is 4.74 Å². The van der Waals surface area contributed by atoms with Gasteiger partial charge >= 0.3 is 0 Å². The molecular formula is C18H18N2O3S. The molecule has 6 heteroatoms. The second-order valence-electron chi connectivity index (χ2n) is 6.13. The third kappa shape index (κ3) is 3.01. The topological polar surface area (TPSA) is 67.4 Å². The first-order valence-electron chi connectivity index (χ1n) is 8.13. The quantitative estimate of drug-likeness (QED) is 0.897. The van der Waals surface area contributed by atoms with Crippen molar-refractivity contribution in [2.45, 2.75) is 31.2 Å². The molecule has 2 N–H and O–H groups in total. The monoisotopic (exact) mass is 342 g/mol. The lowest BCUT2D eigenvalue weighted by Crippen LogP contribution is -2.28. The maximum absolute atomic E-state index is 12.7. The van der Waals surface area contributed by atoms with Crippen LogP contribution in [0.2, 0.25) is 0 Å². The summed E-state index contributed by atoms with van der Waals surface area (Å²) in [6.45, 7) is 0.522. The molecule has 1 aliphatic heterocycles. The van der Waals surface area contributed by atoms with Crippen LogP contribution in [0.1, 0.15) is 41.1 Å². The fourth-order valence-electron chi connectivity index (χ4n) is 2.89. The summed E-state index contributed by atoms with van der Waals surface area (Å²) in [4.78, 5) is 25.0. The fraction of sp³-hybridized carbons (Fsp3) is 0.333. The number of rotatable bonds is 4. The van der Waals surface area contributed by atoms with Gasteiger partial charge in [0.15, 0.2) is 0 Å². The Morgan fingerprint density at radius 2 is 1.96 bits per heavy atom. The van der Waals surface area contributed by atoms with Gasteiger partial charge in [0.25, 0.3) is 5.91 Å². The summed E-state index contributed by atoms with van der Waals surface area (Å²) in [6.07, 6.45) is 2.71. The van der Waals surface area contributed by atoms with Gasteiger partial charge in [0.05, 0.1) is 18.1 Å². The van der Waals surface area contributed by atoms with E-state index in [1.165, 1.54) is 11.3 Å². The summed E-state index contributed by atoms with van der Waals surface area (Å²) in [5, 5.41) is 8.34. The van der Waals surface area contributed by atoms with Crippen molar-refractivity contribution in [3.05, 3.63) is 46.8 Å². The summed E-state index contributed by atoms with van der Waals surface area (Å²) in [7, 11) is 0. The fourth-order valence-corrected chi connectivity index (χ4v) is 3.68. The minimum atomic E-state index is -0.253. The number of ether oxygens (including phenoxy) is 1. The normalized spacial score (nSPS) is 19.1. The number of anilines is 1. The Labute approximate surface area is 144 Å². The van der Waals surface area contributed by atoms with Crippen LogP contribution in [0, 0.1) is 0 Å². The third-order valence-corrected chi connectivity index (χ3v) is 5.16. The van der Waals surface area contributed by atoms with Crippen molar-refractivity contribution in [3.8, 4) is 5.75 Å². The molecule has 0 saturated heterocycles. The average Bonchev–Trinajstić information content (AvgIpc) is 3.29. The van der Waals surface area contributed by atoms with Gasteiger partial charge in [0.2, 0.25) is 5.91 Å². The van der Waals surface area contributed by atoms with Crippen molar-refractivity contribution in [1.82, 2.24) is 5.32 Å². The first-order chi connectivity index (χ1) is 11.7. The Balaban J connectivity index is 1.51. The van der Waals surface area contributed by atoms with Crippen molar-refractivity contribution in [3.63, 3.8) is 0 Å². The lowest BCUT2D eigenvalue weighted by molar-refractivity contribution is -0.118. The first kappa shape index (κ1) is 15.2. The van der Waals surface area contributed by atoms with E-state index in [1.54, 1.807) is 6.07 Å². The van der Waals surface area contributed by atoms with Crippen molar-refractivity contribution < 1.29 is 14.3 Å². The Morgan fingerprint density at radius 3 is 2.79 bits per heavy atom. The van der Waals surface area contributed by atoms with Gasteiger partial charge in [-0.2, -0.15) is 0 Å². The molecule has 1 aromatic heterocycles. The molecule has 4 rings (SSSR count). The van der Waals surface area contributed by atoms with Crippen LogP contribution in [0.15, 0.2) is 35.7 Å². The van der Waals surface area contributed by atoms with Crippen LogP contribution in [0.5, 0.6) is 5.75 Å². The maximum Gasteiger partial charge on any atom is 0.254 e. The Bertz CT molecular complexity index is 782. The molecule has 1 aliphatic carbocycles. The zero-order chi connectivity index (χ0) is 16.5. The molecule has 1 unspecified atom stereocenters. The van der Waals surface area contributed by atoms with Crippen molar-refractivity contribution >= 4 is 28.2 Å². The first-order valence-corrected chi connectivity index (χ1v) is 9.01. The molecule has 124 valence electrons. The second kappa shape index (κ2) is 6.28. The van der Waals surface area contributed by atoms with Gasteiger partial charge in [-0.05, 0) is 36.8 Å². The highest BCUT2D eigenvalue weighted by atomic mass is 32.1. The van der Waals surface area contributed by atoms with Crippen molar-refractivity contribution in [2.24, 2.45) is 0 Å². The predicted molar refractivity (Wildman–Crippen MR) is 92.7 cm³/mol. The summed E-state index contributed by atoms with van der Waals surface area (Å²) in [5.74, 6) is 0.313. The zero-order valence-corrected chi connectivity index (χ0v) is 13.9. The molecule has 0 bridgehead atoms. The van der Waals surface area contributed by atoms with Gasteiger partial charge in [-0.3, -0.25) is 9.59 Å². The SMILES string of the molecule is O=C(NC1CC1)c1ccsc1NC(=O)C1CCOc2ccccc21. The summed E-state index contributed by atoms with van der Waals surface area (Å²) < 4.78 is 5.61. The molecule has 2 aliphatic rings. The highest BCUT2D eigenvalue weighted by Crippen LogP contribution is 2.35. The average molecular weight is 342 g/mol. The summed E-state index contributed by atoms with van der Waals surface area (Å²) in [5.41, 5.74) is 1.45. The number of carbonyl (C=O) groups is 2. The number of nitrogens with one attached hydrogen (secondary N) is 2. The largest absolute Gasteiger partial charge is 0.493 e. The van der Waals surface area contributed by atoms with Crippen molar-refractivity contribution in [1.29, 1.82) is 0 Å². The highest BCUT2D eigenvalue weighted by molar-refractivity contribution is 7.14. The van der Waals surface area contributed by atoms with Crippen LogP contribution in [-0.2, 0) is 4.79 Å². The lowest BCUT2D eigenvalue weighted by Gasteiger charge is -2.25. The molecule has 0 radical (unpaired) electrons. The molecule has 5 nitrogen and oxygen atoms in total. The van der Waals surface area contributed by atoms with Crippen LogP contribution >= 0.6 is 11.3 Å². The molecule has 1 atom stereocenters. The number of fused-ring (bicyclic) bond motifs is 1. The van der Waals surface area contributed by atoms with Gasteiger partial charge in [-0.1, -0.05) is 18.2 Å². The lowest BCUT2D eigenvalue weighted by atomic mass is 9.92. The van der Waals surface area contributed by atoms with Gasteiger partial charge in [-0.25, -0.2) is 0 Å². The van der Waals surface area contributed by atoms with E-state index in [1.807, 2.05) is 29.6 Å². The number of hydrogen-bond donors (Lipinski definition) is 2.